The van der Waals surface area contributed by atoms with Crippen LogP contribution in [0.15, 0.2) is 0 Å². The first kappa shape index (κ1) is 12.0. The molecule has 1 saturated heterocycles. The summed E-state index contributed by atoms with van der Waals surface area (Å²) >= 11 is 0. The van der Waals surface area contributed by atoms with Crippen LogP contribution in [0.5, 0.6) is 0 Å². The predicted octanol–water partition coefficient (Wildman–Crippen LogP) is 0.329. The first-order chi connectivity index (χ1) is 8.06. The highest BCUT2D eigenvalue weighted by molar-refractivity contribution is 5.35. The van der Waals surface area contributed by atoms with Crippen molar-refractivity contribution in [3.63, 3.8) is 0 Å². The van der Waals surface area contributed by atoms with E-state index < -0.39 is 0 Å². The molecule has 0 aromatic carbocycles. The predicted molar refractivity (Wildman–Crippen MR) is 68.0 cm³/mol. The van der Waals surface area contributed by atoms with E-state index in [4.69, 9.17) is 5.73 Å². The number of nitrogens with two attached hydrogens (primary N) is 1. The molecule has 1 fully saturated rings. The number of nitrogens with zero attached hydrogens (tertiary/aromatic N) is 5. The van der Waals surface area contributed by atoms with E-state index in [-0.39, 0.29) is 5.92 Å². The fourth-order valence-electron chi connectivity index (χ4n) is 1.80. The Kier molecular flexibility index (Phi) is 3.42. The zero-order chi connectivity index (χ0) is 12.4. The molecule has 0 radical (unpaired) electrons. The largest absolute Gasteiger partial charge is 0.368 e. The van der Waals surface area contributed by atoms with E-state index in [9.17, 15) is 0 Å². The first-order valence-corrected chi connectivity index (χ1v) is 6.01. The van der Waals surface area contributed by atoms with Gasteiger partial charge in [-0.3, -0.25) is 0 Å². The number of aromatic nitrogens is 3. The van der Waals surface area contributed by atoms with Crippen LogP contribution in [0, 0.1) is 0 Å². The third kappa shape index (κ3) is 2.82. The Hall–Kier alpha value is -1.43. The molecule has 1 aromatic rings. The van der Waals surface area contributed by atoms with Gasteiger partial charge in [0, 0.05) is 32.1 Å². The van der Waals surface area contributed by atoms with E-state index in [0.717, 1.165) is 32.0 Å². The van der Waals surface area contributed by atoms with Gasteiger partial charge in [0.05, 0.1) is 0 Å². The fourth-order valence-corrected chi connectivity index (χ4v) is 1.80. The minimum atomic E-state index is 0.270. The van der Waals surface area contributed by atoms with E-state index in [1.54, 1.807) is 0 Å². The monoisotopic (exact) mass is 236 g/mol. The number of hydrogen-bond acceptors (Lipinski definition) is 6. The zero-order valence-corrected chi connectivity index (χ0v) is 10.7. The maximum absolute atomic E-state index is 5.73. The van der Waals surface area contributed by atoms with Crippen molar-refractivity contribution in [2.24, 2.45) is 0 Å². The second-order valence-corrected chi connectivity index (χ2v) is 4.80. The molecule has 1 aliphatic heterocycles. The van der Waals surface area contributed by atoms with Crippen LogP contribution in [-0.2, 0) is 0 Å². The topological polar surface area (TPSA) is 71.2 Å². The molecule has 0 amide bonds. The number of rotatable bonds is 2. The van der Waals surface area contributed by atoms with Gasteiger partial charge in [0.25, 0.3) is 0 Å². The molecular weight excluding hydrogens is 216 g/mol. The molecule has 0 atom stereocenters. The summed E-state index contributed by atoms with van der Waals surface area (Å²) in [6.07, 6.45) is 0. The molecule has 0 spiro atoms. The van der Waals surface area contributed by atoms with Crippen LogP contribution < -0.4 is 10.6 Å². The second kappa shape index (κ2) is 4.83. The normalized spacial score (nSPS) is 17.8. The Morgan fingerprint density at radius 1 is 1.06 bits per heavy atom. The molecule has 1 aliphatic rings. The summed E-state index contributed by atoms with van der Waals surface area (Å²) in [6.45, 7) is 8.06. The van der Waals surface area contributed by atoms with Crippen molar-refractivity contribution in [3.05, 3.63) is 5.82 Å². The molecule has 0 unspecified atom stereocenters. The second-order valence-electron chi connectivity index (χ2n) is 4.80. The molecule has 1 aromatic heterocycles. The average Bonchev–Trinajstić information content (AvgIpc) is 2.29. The first-order valence-electron chi connectivity index (χ1n) is 6.01. The van der Waals surface area contributed by atoms with Gasteiger partial charge in [-0.1, -0.05) is 13.8 Å². The van der Waals surface area contributed by atoms with Gasteiger partial charge in [0.1, 0.15) is 5.82 Å². The minimum absolute atomic E-state index is 0.270. The van der Waals surface area contributed by atoms with Crippen molar-refractivity contribution in [3.8, 4) is 0 Å². The van der Waals surface area contributed by atoms with Crippen LogP contribution in [0.1, 0.15) is 25.6 Å². The van der Waals surface area contributed by atoms with Gasteiger partial charge in [-0.15, -0.1) is 0 Å². The SMILES string of the molecule is CC(C)c1nc(N)nc(N2CCN(C)CC2)n1. The Morgan fingerprint density at radius 2 is 1.71 bits per heavy atom. The zero-order valence-electron chi connectivity index (χ0n) is 10.7. The van der Waals surface area contributed by atoms with Gasteiger partial charge in [-0.05, 0) is 7.05 Å². The lowest BCUT2D eigenvalue weighted by atomic mass is 10.2. The van der Waals surface area contributed by atoms with Crippen molar-refractivity contribution in [1.82, 2.24) is 19.9 Å². The molecule has 2 rings (SSSR count). The summed E-state index contributed by atoms with van der Waals surface area (Å²) < 4.78 is 0. The number of hydrogen-bond donors (Lipinski definition) is 1. The Bertz CT molecular complexity index is 384. The third-order valence-corrected chi connectivity index (χ3v) is 2.96. The van der Waals surface area contributed by atoms with Crippen LogP contribution in [-0.4, -0.2) is 53.1 Å². The van der Waals surface area contributed by atoms with E-state index in [1.807, 2.05) is 0 Å². The Morgan fingerprint density at radius 3 is 2.29 bits per heavy atom. The van der Waals surface area contributed by atoms with Gasteiger partial charge in [-0.2, -0.15) is 15.0 Å². The molecule has 94 valence electrons. The van der Waals surface area contributed by atoms with Gasteiger partial charge in [0.2, 0.25) is 11.9 Å². The highest BCUT2D eigenvalue weighted by atomic mass is 15.3. The lowest BCUT2D eigenvalue weighted by Crippen LogP contribution is -2.45. The fraction of sp³-hybridized carbons (Fsp3) is 0.727. The Labute approximate surface area is 102 Å². The van der Waals surface area contributed by atoms with E-state index in [0.29, 0.717) is 11.9 Å². The van der Waals surface area contributed by atoms with Crippen LogP contribution in [0.2, 0.25) is 0 Å². The van der Waals surface area contributed by atoms with Crippen molar-refractivity contribution in [2.45, 2.75) is 19.8 Å². The van der Waals surface area contributed by atoms with Crippen molar-refractivity contribution < 1.29 is 0 Å². The average molecular weight is 236 g/mol. The number of likely N-dealkylation sites (N-methyl/N-ethyl adjacent to an activating group) is 1. The third-order valence-electron chi connectivity index (χ3n) is 2.96. The molecule has 0 saturated carbocycles. The molecular formula is C11H20N6. The van der Waals surface area contributed by atoms with Gasteiger partial charge >= 0.3 is 0 Å². The molecule has 6 nitrogen and oxygen atoms in total. The molecule has 0 aliphatic carbocycles. The van der Waals surface area contributed by atoms with Gasteiger partial charge in [-0.25, -0.2) is 0 Å². The van der Waals surface area contributed by atoms with Gasteiger partial charge in [0.15, 0.2) is 0 Å². The summed E-state index contributed by atoms with van der Waals surface area (Å²) in [4.78, 5) is 17.3. The molecule has 2 heterocycles. The van der Waals surface area contributed by atoms with Crippen LogP contribution in [0.25, 0.3) is 0 Å². The molecule has 0 bridgehead atoms. The van der Waals surface area contributed by atoms with Crippen molar-refractivity contribution in [1.29, 1.82) is 0 Å². The molecule has 6 heteroatoms. The van der Waals surface area contributed by atoms with Gasteiger partial charge < -0.3 is 15.5 Å². The number of nitrogen functional groups attached to an aromatic ring is 1. The summed E-state index contributed by atoms with van der Waals surface area (Å²) in [7, 11) is 2.12. The Balaban J connectivity index is 2.20. The molecule has 17 heavy (non-hydrogen) atoms. The lowest BCUT2D eigenvalue weighted by Gasteiger charge is -2.32. The standard InChI is InChI=1S/C11H20N6/c1-8(2)9-13-10(12)15-11(14-9)17-6-4-16(3)5-7-17/h8H,4-7H2,1-3H3,(H2,12,13,14,15). The van der Waals surface area contributed by atoms with Crippen molar-refractivity contribution >= 4 is 11.9 Å². The molecule has 2 N–H and O–H groups in total. The van der Waals surface area contributed by atoms with Crippen LogP contribution in [0.4, 0.5) is 11.9 Å². The summed E-state index contributed by atoms with van der Waals surface area (Å²) in [5, 5.41) is 0. The van der Waals surface area contributed by atoms with E-state index >= 15 is 0 Å². The maximum atomic E-state index is 5.73. The minimum Gasteiger partial charge on any atom is -0.368 e. The van der Waals surface area contributed by atoms with Crippen LogP contribution >= 0.6 is 0 Å². The highest BCUT2D eigenvalue weighted by Crippen LogP contribution is 2.16. The number of anilines is 2. The van der Waals surface area contributed by atoms with Crippen LogP contribution in [0.3, 0.4) is 0 Å². The summed E-state index contributed by atoms with van der Waals surface area (Å²) in [5.41, 5.74) is 5.73. The summed E-state index contributed by atoms with van der Waals surface area (Å²) in [6, 6.07) is 0. The van der Waals surface area contributed by atoms with E-state index in [2.05, 4.69) is 45.6 Å². The number of piperazine rings is 1. The quantitative estimate of drug-likeness (QED) is 0.798. The maximum Gasteiger partial charge on any atom is 0.230 e. The van der Waals surface area contributed by atoms with Crippen molar-refractivity contribution in [2.75, 3.05) is 43.9 Å². The summed E-state index contributed by atoms with van der Waals surface area (Å²) in [5.74, 6) is 2.07. The smallest absolute Gasteiger partial charge is 0.230 e. The van der Waals surface area contributed by atoms with E-state index in [1.165, 1.54) is 0 Å². The highest BCUT2D eigenvalue weighted by Gasteiger charge is 2.18. The lowest BCUT2D eigenvalue weighted by molar-refractivity contribution is 0.311.